The molecule has 0 saturated heterocycles. The summed E-state index contributed by atoms with van der Waals surface area (Å²) < 4.78 is 1.12. The molecule has 0 aliphatic rings. The highest BCUT2D eigenvalue weighted by molar-refractivity contribution is 7.22. The van der Waals surface area contributed by atoms with E-state index in [2.05, 4.69) is 26.0 Å². The van der Waals surface area contributed by atoms with Crippen molar-refractivity contribution >= 4 is 54.8 Å². The zero-order chi connectivity index (χ0) is 24.6. The third-order valence-corrected chi connectivity index (χ3v) is 8.42. The Hall–Kier alpha value is -3.87. The molecule has 0 saturated carbocycles. The number of anilines is 1. The van der Waals surface area contributed by atoms with E-state index in [1.165, 1.54) is 5.56 Å². The smallest absolute Gasteiger partial charge is 0.261 e. The molecule has 0 spiro atoms. The van der Waals surface area contributed by atoms with Gasteiger partial charge in [0.25, 0.3) is 5.91 Å². The maximum absolute atomic E-state index is 14.4. The zero-order valence-corrected chi connectivity index (χ0v) is 21.6. The monoisotopic (exact) mass is 505 g/mol. The lowest BCUT2D eigenvalue weighted by Crippen LogP contribution is -2.30. The number of benzene rings is 3. The summed E-state index contributed by atoms with van der Waals surface area (Å²) in [5.41, 5.74) is 6.54. The zero-order valence-electron chi connectivity index (χ0n) is 19.9. The van der Waals surface area contributed by atoms with Gasteiger partial charge in [-0.3, -0.25) is 9.69 Å². The lowest BCUT2D eigenvalue weighted by atomic mass is 10.1. The van der Waals surface area contributed by atoms with Crippen LogP contribution in [0.3, 0.4) is 0 Å². The highest BCUT2D eigenvalue weighted by atomic mass is 32.1. The Balaban J connectivity index is 1.54. The third kappa shape index (κ3) is 4.08. The number of amides is 1. The van der Waals surface area contributed by atoms with E-state index in [-0.39, 0.29) is 5.91 Å². The van der Waals surface area contributed by atoms with Gasteiger partial charge in [-0.2, -0.15) is 0 Å². The van der Waals surface area contributed by atoms with Gasteiger partial charge in [0.05, 0.1) is 38.4 Å². The molecule has 4 nitrogen and oxygen atoms in total. The van der Waals surface area contributed by atoms with Crippen LogP contribution in [0.25, 0.3) is 31.7 Å². The Morgan fingerprint density at radius 2 is 1.64 bits per heavy atom. The standard InChI is InChI=1S/C30H23N3OS2/c1-19-14-15-20(2)28-27(19)32-30(36-28)33(18-21-9-4-3-5-10-21)29(34)23-17-25(26-13-8-16-35-26)31-24-12-7-6-11-22(23)24/h3-17H,18H2,1-2H3. The topological polar surface area (TPSA) is 46.1 Å². The number of fused-ring (bicyclic) bond motifs is 2. The molecule has 0 aliphatic heterocycles. The van der Waals surface area contributed by atoms with Crippen molar-refractivity contribution in [3.63, 3.8) is 0 Å². The first-order chi connectivity index (χ1) is 17.6. The van der Waals surface area contributed by atoms with Crippen molar-refractivity contribution in [3.05, 3.63) is 113 Å². The maximum Gasteiger partial charge on any atom is 0.261 e. The van der Waals surface area contributed by atoms with E-state index in [4.69, 9.17) is 9.97 Å². The molecule has 0 atom stereocenters. The van der Waals surface area contributed by atoms with Gasteiger partial charge in [0.15, 0.2) is 5.13 Å². The van der Waals surface area contributed by atoms with E-state index in [1.54, 1.807) is 22.7 Å². The fraction of sp³-hybridized carbons (Fsp3) is 0.100. The summed E-state index contributed by atoms with van der Waals surface area (Å²) in [5.74, 6) is -0.0791. The number of carbonyl (C=O) groups excluding carboxylic acids is 1. The number of thiophene rings is 1. The minimum atomic E-state index is -0.0791. The van der Waals surface area contributed by atoms with E-state index in [1.807, 2.05) is 83.1 Å². The van der Waals surface area contributed by atoms with Crippen molar-refractivity contribution in [1.82, 2.24) is 9.97 Å². The van der Waals surface area contributed by atoms with Crippen LogP contribution >= 0.6 is 22.7 Å². The van der Waals surface area contributed by atoms with Crippen molar-refractivity contribution in [3.8, 4) is 10.6 Å². The fourth-order valence-electron chi connectivity index (χ4n) is 4.40. The van der Waals surface area contributed by atoms with Crippen LogP contribution in [-0.2, 0) is 6.54 Å². The second kappa shape index (κ2) is 9.30. The number of nitrogens with zero attached hydrogens (tertiary/aromatic N) is 3. The van der Waals surface area contributed by atoms with E-state index < -0.39 is 0 Å². The minimum absolute atomic E-state index is 0.0791. The van der Waals surface area contributed by atoms with Gasteiger partial charge in [-0.25, -0.2) is 9.97 Å². The number of hydrogen-bond donors (Lipinski definition) is 0. The average molecular weight is 506 g/mol. The van der Waals surface area contributed by atoms with Gasteiger partial charge < -0.3 is 0 Å². The Labute approximate surface area is 217 Å². The van der Waals surface area contributed by atoms with Gasteiger partial charge in [-0.05, 0) is 54.1 Å². The summed E-state index contributed by atoms with van der Waals surface area (Å²) in [7, 11) is 0. The summed E-state index contributed by atoms with van der Waals surface area (Å²) in [6, 6.07) is 28.1. The lowest BCUT2D eigenvalue weighted by molar-refractivity contribution is 0.0986. The van der Waals surface area contributed by atoms with Crippen LogP contribution in [0.5, 0.6) is 0 Å². The van der Waals surface area contributed by atoms with E-state index in [0.717, 1.165) is 42.8 Å². The van der Waals surface area contributed by atoms with Crippen LogP contribution in [0.1, 0.15) is 27.0 Å². The molecular weight excluding hydrogens is 482 g/mol. The largest absolute Gasteiger partial charge is 0.279 e. The van der Waals surface area contributed by atoms with Gasteiger partial charge in [-0.1, -0.05) is 78.1 Å². The summed E-state index contributed by atoms with van der Waals surface area (Å²) in [4.78, 5) is 27.1. The quantitative estimate of drug-likeness (QED) is 0.238. The average Bonchev–Trinajstić information content (AvgIpc) is 3.61. The van der Waals surface area contributed by atoms with Crippen LogP contribution in [-0.4, -0.2) is 15.9 Å². The molecule has 36 heavy (non-hydrogen) atoms. The number of para-hydroxylation sites is 1. The molecule has 0 aliphatic carbocycles. The molecule has 0 radical (unpaired) electrons. The highest BCUT2D eigenvalue weighted by Gasteiger charge is 2.25. The van der Waals surface area contributed by atoms with Crippen molar-refractivity contribution in [2.45, 2.75) is 20.4 Å². The van der Waals surface area contributed by atoms with Crippen LogP contribution in [0, 0.1) is 13.8 Å². The first-order valence-corrected chi connectivity index (χ1v) is 13.4. The Morgan fingerprint density at radius 1 is 0.861 bits per heavy atom. The van der Waals surface area contributed by atoms with Gasteiger partial charge in [0.2, 0.25) is 0 Å². The van der Waals surface area contributed by atoms with E-state index in [0.29, 0.717) is 17.2 Å². The van der Waals surface area contributed by atoms with Crippen LogP contribution in [0.15, 0.2) is 90.3 Å². The molecule has 0 bridgehead atoms. The molecule has 0 fully saturated rings. The number of aromatic nitrogens is 2. The number of thiazole rings is 1. The van der Waals surface area contributed by atoms with Gasteiger partial charge in [0, 0.05) is 5.39 Å². The molecule has 3 aromatic heterocycles. The molecule has 6 heteroatoms. The molecule has 1 amide bonds. The van der Waals surface area contributed by atoms with Gasteiger partial charge in [-0.15, -0.1) is 11.3 Å². The van der Waals surface area contributed by atoms with Crippen molar-refractivity contribution in [2.75, 3.05) is 4.90 Å². The SMILES string of the molecule is Cc1ccc(C)c2sc(N(Cc3ccccc3)C(=O)c3cc(-c4cccs4)nc4ccccc34)nc12. The second-order valence-corrected chi connectivity index (χ2v) is 10.7. The van der Waals surface area contributed by atoms with Crippen LogP contribution in [0.4, 0.5) is 5.13 Å². The predicted octanol–water partition coefficient (Wildman–Crippen LogP) is 8.04. The first kappa shape index (κ1) is 22.6. The van der Waals surface area contributed by atoms with Crippen LogP contribution < -0.4 is 4.90 Å². The Morgan fingerprint density at radius 3 is 2.42 bits per heavy atom. The first-order valence-electron chi connectivity index (χ1n) is 11.7. The third-order valence-electron chi connectivity index (χ3n) is 6.31. The summed E-state index contributed by atoms with van der Waals surface area (Å²) >= 11 is 3.20. The number of aryl methyl sites for hydroxylation is 2. The van der Waals surface area contributed by atoms with Crippen molar-refractivity contribution in [1.29, 1.82) is 0 Å². The number of carbonyl (C=O) groups is 1. The minimum Gasteiger partial charge on any atom is -0.279 e. The maximum atomic E-state index is 14.4. The lowest BCUT2D eigenvalue weighted by Gasteiger charge is -2.21. The number of pyridine rings is 1. The number of rotatable bonds is 5. The summed E-state index contributed by atoms with van der Waals surface area (Å²) in [6.07, 6.45) is 0. The molecule has 6 aromatic rings. The normalized spacial score (nSPS) is 11.3. The van der Waals surface area contributed by atoms with Crippen molar-refractivity contribution < 1.29 is 4.79 Å². The fourth-order valence-corrected chi connectivity index (χ4v) is 6.20. The molecule has 176 valence electrons. The molecule has 3 aromatic carbocycles. The van der Waals surface area contributed by atoms with Gasteiger partial charge >= 0.3 is 0 Å². The summed E-state index contributed by atoms with van der Waals surface area (Å²) in [5, 5.41) is 3.57. The second-order valence-electron chi connectivity index (χ2n) is 8.80. The molecule has 0 N–H and O–H groups in total. The molecular formula is C30H23N3OS2. The highest BCUT2D eigenvalue weighted by Crippen LogP contribution is 2.36. The molecule has 0 unspecified atom stereocenters. The molecule has 3 heterocycles. The van der Waals surface area contributed by atoms with E-state index in [9.17, 15) is 4.79 Å². The molecule has 6 rings (SSSR count). The Kier molecular flexibility index (Phi) is 5.83. The van der Waals surface area contributed by atoms with Crippen LogP contribution in [0.2, 0.25) is 0 Å². The predicted molar refractivity (Wildman–Crippen MR) is 151 cm³/mol. The van der Waals surface area contributed by atoms with Crippen molar-refractivity contribution in [2.24, 2.45) is 0 Å². The summed E-state index contributed by atoms with van der Waals surface area (Å²) in [6.45, 7) is 4.59. The Bertz CT molecular complexity index is 1670. The van der Waals surface area contributed by atoms with Gasteiger partial charge in [0.1, 0.15) is 0 Å². The number of hydrogen-bond acceptors (Lipinski definition) is 5. The van der Waals surface area contributed by atoms with E-state index >= 15 is 0 Å².